The molecule has 194 valence electrons. The zero-order valence-corrected chi connectivity index (χ0v) is 23.3. The molecule has 0 spiro atoms. The summed E-state index contributed by atoms with van der Waals surface area (Å²) in [6.45, 7) is 7.39. The second kappa shape index (κ2) is 11.8. The van der Waals surface area contributed by atoms with Gasteiger partial charge in [-0.15, -0.1) is 0 Å². The summed E-state index contributed by atoms with van der Waals surface area (Å²) in [5.41, 5.74) is 5.18. The molecule has 0 saturated heterocycles. The summed E-state index contributed by atoms with van der Waals surface area (Å²) in [5.74, 6) is 0.431. The van der Waals surface area contributed by atoms with Crippen LogP contribution < -0.4 is 4.90 Å². The van der Waals surface area contributed by atoms with Crippen LogP contribution in [0.5, 0.6) is 0 Å². The lowest BCUT2D eigenvalue weighted by Crippen LogP contribution is -2.42. The van der Waals surface area contributed by atoms with E-state index in [0.717, 1.165) is 47.4 Å². The first-order valence-electron chi connectivity index (χ1n) is 13.5. The lowest BCUT2D eigenvalue weighted by molar-refractivity contribution is 0.0959. The number of hydrogen-bond acceptors (Lipinski definition) is 4. The van der Waals surface area contributed by atoms with Gasteiger partial charge in [-0.05, 0) is 102 Å². The third-order valence-corrected chi connectivity index (χ3v) is 8.40. The smallest absolute Gasteiger partial charge is 0.163 e. The van der Waals surface area contributed by atoms with Gasteiger partial charge in [0, 0.05) is 53.2 Å². The van der Waals surface area contributed by atoms with Crippen molar-refractivity contribution in [2.24, 2.45) is 5.92 Å². The lowest BCUT2D eigenvalue weighted by atomic mass is 9.88. The number of Topliss-reactive ketones (excluding diaryl/α,β-unsaturated/α-hetero) is 1. The minimum atomic E-state index is 0.183. The Morgan fingerprint density at radius 1 is 1.11 bits per heavy atom. The molecule has 3 aromatic rings. The van der Waals surface area contributed by atoms with Gasteiger partial charge in [0.15, 0.2) is 5.78 Å². The summed E-state index contributed by atoms with van der Waals surface area (Å²) in [6, 6.07) is 13.3. The highest BCUT2D eigenvalue weighted by Crippen LogP contribution is 2.35. The van der Waals surface area contributed by atoms with Gasteiger partial charge >= 0.3 is 0 Å². The Hall–Kier alpha value is -2.37. The molecule has 2 aromatic heterocycles. The number of benzene rings is 1. The maximum Gasteiger partial charge on any atom is 0.163 e. The number of carbonyl (C=O) groups is 1. The second-order valence-electron chi connectivity index (χ2n) is 10.6. The summed E-state index contributed by atoms with van der Waals surface area (Å²) in [5, 5.41) is 5.12. The molecular formula is C30H41ClN4O. The Balaban J connectivity index is 1.53. The molecule has 1 aromatic carbocycles. The molecule has 36 heavy (non-hydrogen) atoms. The number of ketones is 1. The topological polar surface area (TPSA) is 40.9 Å². The Labute approximate surface area is 221 Å². The average molecular weight is 509 g/mol. The molecule has 1 atom stereocenters. The molecule has 0 N–H and O–H groups in total. The summed E-state index contributed by atoms with van der Waals surface area (Å²) in [4.78, 5) is 18.5. The van der Waals surface area contributed by atoms with Gasteiger partial charge in [-0.25, -0.2) is 4.52 Å². The predicted molar refractivity (Wildman–Crippen MR) is 151 cm³/mol. The molecule has 0 bridgehead atoms. The number of nitrogens with zero attached hydrogens (tertiary/aromatic N) is 4. The number of anilines is 1. The van der Waals surface area contributed by atoms with Crippen LogP contribution in [-0.4, -0.2) is 53.0 Å². The van der Waals surface area contributed by atoms with Gasteiger partial charge in [-0.3, -0.25) is 4.79 Å². The summed E-state index contributed by atoms with van der Waals surface area (Å²) < 4.78 is 1.99. The number of halogens is 1. The summed E-state index contributed by atoms with van der Waals surface area (Å²) >= 11 is 6.63. The number of carbonyl (C=O) groups excluding carboxylic acids is 1. The molecule has 1 unspecified atom stereocenters. The Morgan fingerprint density at radius 3 is 2.50 bits per heavy atom. The van der Waals surface area contributed by atoms with E-state index < -0.39 is 0 Å². The number of pyridine rings is 1. The second-order valence-corrected chi connectivity index (χ2v) is 11.0. The molecule has 0 aliphatic heterocycles. The molecule has 5 nitrogen and oxygen atoms in total. The fourth-order valence-corrected chi connectivity index (χ4v) is 6.17. The van der Waals surface area contributed by atoms with Gasteiger partial charge in [-0.2, -0.15) is 5.10 Å². The van der Waals surface area contributed by atoms with Crippen molar-refractivity contribution in [3.63, 3.8) is 0 Å². The molecular weight excluding hydrogens is 468 g/mol. The van der Waals surface area contributed by atoms with Crippen molar-refractivity contribution in [3.05, 3.63) is 64.4 Å². The highest BCUT2D eigenvalue weighted by atomic mass is 35.5. The van der Waals surface area contributed by atoms with E-state index in [1.54, 1.807) is 0 Å². The van der Waals surface area contributed by atoms with E-state index in [1.165, 1.54) is 25.7 Å². The van der Waals surface area contributed by atoms with Crippen LogP contribution in [-0.2, 0) is 6.42 Å². The van der Waals surface area contributed by atoms with Crippen molar-refractivity contribution >= 4 is 28.6 Å². The molecule has 0 amide bonds. The van der Waals surface area contributed by atoms with Crippen molar-refractivity contribution in [3.8, 4) is 0 Å². The van der Waals surface area contributed by atoms with Crippen LogP contribution in [0.1, 0.15) is 74.0 Å². The molecule has 1 fully saturated rings. The van der Waals surface area contributed by atoms with Gasteiger partial charge in [0.25, 0.3) is 0 Å². The van der Waals surface area contributed by atoms with E-state index in [9.17, 15) is 4.79 Å². The van der Waals surface area contributed by atoms with Gasteiger partial charge in [-0.1, -0.05) is 31.0 Å². The number of fused-ring (bicyclic) bond motifs is 1. The van der Waals surface area contributed by atoms with Crippen LogP contribution in [0.3, 0.4) is 0 Å². The zero-order valence-electron chi connectivity index (χ0n) is 22.5. The maximum absolute atomic E-state index is 13.6. The fraction of sp³-hybridized carbons (Fsp3) is 0.533. The summed E-state index contributed by atoms with van der Waals surface area (Å²) in [6.07, 6.45) is 8.85. The quantitative estimate of drug-likeness (QED) is 0.281. The minimum Gasteiger partial charge on any atom is -0.369 e. The maximum atomic E-state index is 13.6. The largest absolute Gasteiger partial charge is 0.369 e. The van der Waals surface area contributed by atoms with Crippen molar-refractivity contribution in [1.29, 1.82) is 0 Å². The first-order chi connectivity index (χ1) is 17.3. The van der Waals surface area contributed by atoms with Crippen LogP contribution in [0.25, 0.3) is 5.52 Å². The highest BCUT2D eigenvalue weighted by Gasteiger charge is 2.28. The lowest BCUT2D eigenvalue weighted by Gasteiger charge is -2.40. The Morgan fingerprint density at radius 2 is 1.83 bits per heavy atom. The molecule has 6 heteroatoms. The van der Waals surface area contributed by atoms with E-state index >= 15 is 0 Å². The van der Waals surface area contributed by atoms with E-state index in [2.05, 4.69) is 74.0 Å². The normalized spacial score (nSPS) is 19.1. The predicted octanol–water partition coefficient (Wildman–Crippen LogP) is 6.84. The Bertz CT molecular complexity index is 1180. The molecule has 0 radical (unpaired) electrons. The number of rotatable bonds is 10. The van der Waals surface area contributed by atoms with Crippen LogP contribution in [0.15, 0.2) is 42.6 Å². The van der Waals surface area contributed by atoms with Gasteiger partial charge in [0.2, 0.25) is 0 Å². The molecule has 1 aliphatic carbocycles. The third kappa shape index (κ3) is 5.78. The van der Waals surface area contributed by atoms with Gasteiger partial charge < -0.3 is 9.80 Å². The first-order valence-corrected chi connectivity index (χ1v) is 13.9. The monoisotopic (exact) mass is 508 g/mol. The molecule has 4 rings (SSSR count). The average Bonchev–Trinajstić information content (AvgIpc) is 3.36. The highest BCUT2D eigenvalue weighted by molar-refractivity contribution is 6.31. The molecule has 2 heterocycles. The third-order valence-electron chi connectivity index (χ3n) is 8.18. The van der Waals surface area contributed by atoms with E-state index in [-0.39, 0.29) is 11.7 Å². The standard InChI is InChI=1S/C30H41ClN4O/c1-6-22(17-27-10-8-9-26-15-16-32-35(26)27)18-30(36)28-19-23(31)20-29(21(28)3)34(7-2)25-13-11-24(12-14-25)33(4)5/h8-10,15-16,19-20,22,24-25H,6-7,11-14,17-18H2,1-5H3. The van der Waals surface area contributed by atoms with Crippen LogP contribution in [0, 0.1) is 12.8 Å². The van der Waals surface area contributed by atoms with Crippen molar-refractivity contribution in [2.75, 3.05) is 25.5 Å². The van der Waals surface area contributed by atoms with Crippen molar-refractivity contribution in [2.45, 2.75) is 77.8 Å². The first kappa shape index (κ1) is 26.7. The van der Waals surface area contributed by atoms with Gasteiger partial charge in [0.1, 0.15) is 0 Å². The van der Waals surface area contributed by atoms with Crippen LogP contribution in [0.2, 0.25) is 5.02 Å². The van der Waals surface area contributed by atoms with Crippen LogP contribution in [0.4, 0.5) is 5.69 Å². The molecule has 1 aliphatic rings. The SMILES string of the molecule is CCC(CC(=O)c1cc(Cl)cc(N(CC)C2CCC(N(C)C)CC2)c1C)Cc1cccc2ccnn12. The van der Waals surface area contributed by atoms with Crippen molar-refractivity contribution < 1.29 is 4.79 Å². The summed E-state index contributed by atoms with van der Waals surface area (Å²) in [7, 11) is 4.36. The zero-order chi connectivity index (χ0) is 25.8. The van der Waals surface area contributed by atoms with Crippen molar-refractivity contribution in [1.82, 2.24) is 14.5 Å². The Kier molecular flexibility index (Phi) is 8.74. The van der Waals surface area contributed by atoms with Gasteiger partial charge in [0.05, 0.1) is 5.52 Å². The van der Waals surface area contributed by atoms with Crippen LogP contribution >= 0.6 is 11.6 Å². The van der Waals surface area contributed by atoms with E-state index in [0.29, 0.717) is 23.5 Å². The minimum absolute atomic E-state index is 0.183. The van der Waals surface area contributed by atoms with E-state index in [1.807, 2.05) is 22.8 Å². The van der Waals surface area contributed by atoms with E-state index in [4.69, 9.17) is 11.6 Å². The molecule has 1 saturated carbocycles. The fourth-order valence-electron chi connectivity index (χ4n) is 5.96. The number of aromatic nitrogens is 2. The number of hydrogen-bond donors (Lipinski definition) is 0.